The number of aromatic nitrogens is 1. The minimum atomic E-state index is -4.51. The van der Waals surface area contributed by atoms with E-state index in [0.717, 1.165) is 5.69 Å². The van der Waals surface area contributed by atoms with Gasteiger partial charge in [-0.3, -0.25) is 4.98 Å². The average Bonchev–Trinajstić information content (AvgIpc) is 2.59. The van der Waals surface area contributed by atoms with E-state index < -0.39 is 11.7 Å². The lowest BCUT2D eigenvalue weighted by molar-refractivity contribution is -0.136. The summed E-state index contributed by atoms with van der Waals surface area (Å²) in [7, 11) is 5.18. The van der Waals surface area contributed by atoms with E-state index in [-0.39, 0.29) is 11.1 Å². The molecular weight excluding hydrogens is 329 g/mol. The summed E-state index contributed by atoms with van der Waals surface area (Å²) >= 11 is 0. The molecule has 3 aromatic rings. The molecule has 25 heavy (non-hydrogen) atoms. The Morgan fingerprint density at radius 3 is 2.24 bits per heavy atom. The summed E-state index contributed by atoms with van der Waals surface area (Å²) in [6.07, 6.45) is -3.03. The maximum Gasteiger partial charge on any atom is 0.419 e. The summed E-state index contributed by atoms with van der Waals surface area (Å²) in [6.45, 7) is 0. The smallest absolute Gasteiger partial charge is 0.419 e. The standard InChI is InChI=1S/C19H17F3N2O/c1-24(2)14-6-9-16-13(10-14)11-23-18(17(16)19(20,21)22)12-4-7-15(25-3)8-5-12/h4-11H,1-3H3. The van der Waals surface area contributed by atoms with Gasteiger partial charge in [0.05, 0.1) is 18.4 Å². The SMILES string of the molecule is COc1ccc(-c2ncc3cc(N(C)C)ccc3c2C(F)(F)F)cc1. The number of ether oxygens (including phenoxy) is 1. The predicted octanol–water partition coefficient (Wildman–Crippen LogP) is 5.00. The van der Waals surface area contributed by atoms with Crippen molar-refractivity contribution in [2.45, 2.75) is 6.18 Å². The molecule has 0 unspecified atom stereocenters. The van der Waals surface area contributed by atoms with Crippen LogP contribution in [0, 0.1) is 0 Å². The molecule has 0 spiro atoms. The van der Waals surface area contributed by atoms with Crippen molar-refractivity contribution in [3.05, 3.63) is 54.2 Å². The molecule has 6 heteroatoms. The van der Waals surface area contributed by atoms with Crippen LogP contribution in [0.4, 0.5) is 18.9 Å². The molecule has 0 amide bonds. The molecule has 0 aliphatic carbocycles. The van der Waals surface area contributed by atoms with Crippen LogP contribution in [0.3, 0.4) is 0 Å². The van der Waals surface area contributed by atoms with Crippen LogP contribution in [0.1, 0.15) is 5.56 Å². The molecule has 1 aromatic heterocycles. The van der Waals surface area contributed by atoms with E-state index in [9.17, 15) is 13.2 Å². The molecule has 0 bridgehead atoms. The summed E-state index contributed by atoms with van der Waals surface area (Å²) in [5.41, 5.74) is 0.409. The van der Waals surface area contributed by atoms with E-state index in [1.54, 1.807) is 36.4 Å². The van der Waals surface area contributed by atoms with Crippen molar-refractivity contribution in [2.75, 3.05) is 26.1 Å². The van der Waals surface area contributed by atoms with Gasteiger partial charge in [-0.1, -0.05) is 6.07 Å². The average molecular weight is 346 g/mol. The Labute approximate surface area is 143 Å². The third-order valence-electron chi connectivity index (χ3n) is 4.04. The molecule has 1 heterocycles. The first-order valence-corrected chi connectivity index (χ1v) is 7.63. The van der Waals surface area contributed by atoms with Gasteiger partial charge in [0.25, 0.3) is 0 Å². The van der Waals surface area contributed by atoms with Crippen LogP contribution in [0.15, 0.2) is 48.7 Å². The molecule has 0 N–H and O–H groups in total. The van der Waals surface area contributed by atoms with E-state index >= 15 is 0 Å². The van der Waals surface area contributed by atoms with Gasteiger partial charge < -0.3 is 9.64 Å². The van der Waals surface area contributed by atoms with E-state index in [2.05, 4.69) is 4.98 Å². The molecule has 2 aromatic carbocycles. The number of alkyl halides is 3. The number of halogens is 3. The number of rotatable bonds is 3. The lowest BCUT2D eigenvalue weighted by Gasteiger charge is -2.18. The molecule has 0 radical (unpaired) electrons. The summed E-state index contributed by atoms with van der Waals surface area (Å²) in [5, 5.41) is 0.592. The highest BCUT2D eigenvalue weighted by molar-refractivity contribution is 5.92. The monoisotopic (exact) mass is 346 g/mol. The Balaban J connectivity index is 2.26. The minimum absolute atomic E-state index is 0.0831. The van der Waals surface area contributed by atoms with Crippen LogP contribution in [0.25, 0.3) is 22.0 Å². The summed E-state index contributed by atoms with van der Waals surface area (Å²) in [6, 6.07) is 11.3. The third-order valence-corrected chi connectivity index (χ3v) is 4.04. The fourth-order valence-corrected chi connectivity index (χ4v) is 2.74. The van der Waals surface area contributed by atoms with Crippen LogP contribution in [-0.4, -0.2) is 26.2 Å². The topological polar surface area (TPSA) is 25.4 Å². The Kier molecular flexibility index (Phi) is 4.29. The molecule has 0 fully saturated rings. The van der Waals surface area contributed by atoms with E-state index in [0.29, 0.717) is 16.7 Å². The van der Waals surface area contributed by atoms with E-state index in [4.69, 9.17) is 4.74 Å². The molecule has 0 atom stereocenters. The molecule has 0 aliphatic rings. The van der Waals surface area contributed by atoms with Crippen molar-refractivity contribution >= 4 is 16.5 Å². The van der Waals surface area contributed by atoms with Crippen molar-refractivity contribution < 1.29 is 17.9 Å². The van der Waals surface area contributed by atoms with Gasteiger partial charge in [-0.25, -0.2) is 0 Å². The highest BCUT2D eigenvalue weighted by Gasteiger charge is 2.36. The van der Waals surface area contributed by atoms with Crippen molar-refractivity contribution in [1.82, 2.24) is 4.98 Å². The molecular formula is C19H17F3N2O. The van der Waals surface area contributed by atoms with Crippen LogP contribution < -0.4 is 9.64 Å². The maximum atomic E-state index is 13.8. The molecule has 3 nitrogen and oxygen atoms in total. The van der Waals surface area contributed by atoms with Gasteiger partial charge in [0.1, 0.15) is 5.75 Å². The van der Waals surface area contributed by atoms with Crippen LogP contribution in [0.5, 0.6) is 5.75 Å². The first kappa shape index (κ1) is 17.1. The van der Waals surface area contributed by atoms with Gasteiger partial charge in [-0.2, -0.15) is 13.2 Å². The zero-order chi connectivity index (χ0) is 18.2. The normalized spacial score (nSPS) is 11.6. The summed E-state index contributed by atoms with van der Waals surface area (Å²) < 4.78 is 46.4. The number of benzene rings is 2. The van der Waals surface area contributed by atoms with Crippen molar-refractivity contribution in [3.63, 3.8) is 0 Å². The number of anilines is 1. The summed E-state index contributed by atoms with van der Waals surface area (Å²) in [4.78, 5) is 5.96. The number of nitrogens with zero attached hydrogens (tertiary/aromatic N) is 2. The second kappa shape index (κ2) is 6.27. The zero-order valence-electron chi connectivity index (χ0n) is 14.1. The maximum absolute atomic E-state index is 13.8. The molecule has 0 saturated carbocycles. The predicted molar refractivity (Wildman–Crippen MR) is 93.1 cm³/mol. The molecule has 0 aliphatic heterocycles. The highest BCUT2D eigenvalue weighted by Crippen LogP contribution is 2.41. The number of hydrogen-bond donors (Lipinski definition) is 0. The highest BCUT2D eigenvalue weighted by atomic mass is 19.4. The van der Waals surface area contributed by atoms with Crippen molar-refractivity contribution in [2.24, 2.45) is 0 Å². The van der Waals surface area contributed by atoms with Crippen molar-refractivity contribution in [3.8, 4) is 17.0 Å². The third kappa shape index (κ3) is 3.24. The largest absolute Gasteiger partial charge is 0.497 e. The van der Waals surface area contributed by atoms with Crippen LogP contribution in [-0.2, 0) is 6.18 Å². The van der Waals surface area contributed by atoms with Gasteiger partial charge in [-0.15, -0.1) is 0 Å². The lowest BCUT2D eigenvalue weighted by atomic mass is 9.99. The van der Waals surface area contributed by atoms with Gasteiger partial charge in [0.15, 0.2) is 0 Å². The Morgan fingerprint density at radius 2 is 1.68 bits per heavy atom. The number of pyridine rings is 1. The Hall–Kier alpha value is -2.76. The first-order chi connectivity index (χ1) is 11.8. The minimum Gasteiger partial charge on any atom is -0.497 e. The Bertz CT molecular complexity index is 903. The van der Waals surface area contributed by atoms with Gasteiger partial charge >= 0.3 is 6.18 Å². The van der Waals surface area contributed by atoms with Gasteiger partial charge in [0.2, 0.25) is 0 Å². The molecule has 0 saturated heterocycles. The summed E-state index contributed by atoms with van der Waals surface area (Å²) in [5.74, 6) is 0.578. The molecule has 3 rings (SSSR count). The van der Waals surface area contributed by atoms with Gasteiger partial charge in [0, 0.05) is 36.9 Å². The second-order valence-corrected chi connectivity index (χ2v) is 5.87. The number of hydrogen-bond acceptors (Lipinski definition) is 3. The fraction of sp³-hybridized carbons (Fsp3) is 0.211. The van der Waals surface area contributed by atoms with E-state index in [1.807, 2.05) is 19.0 Å². The zero-order valence-corrected chi connectivity index (χ0v) is 14.1. The number of methoxy groups -OCH3 is 1. The Morgan fingerprint density at radius 1 is 1.00 bits per heavy atom. The quantitative estimate of drug-likeness (QED) is 0.668. The van der Waals surface area contributed by atoms with E-state index in [1.165, 1.54) is 19.4 Å². The van der Waals surface area contributed by atoms with Crippen molar-refractivity contribution in [1.29, 1.82) is 0 Å². The fourth-order valence-electron chi connectivity index (χ4n) is 2.74. The second-order valence-electron chi connectivity index (χ2n) is 5.87. The lowest BCUT2D eigenvalue weighted by Crippen LogP contribution is -2.11. The van der Waals surface area contributed by atoms with Gasteiger partial charge in [-0.05, 0) is 41.8 Å². The number of fused-ring (bicyclic) bond motifs is 1. The molecule has 130 valence electrons. The van der Waals surface area contributed by atoms with Crippen LogP contribution >= 0.6 is 0 Å². The first-order valence-electron chi connectivity index (χ1n) is 7.63. The van der Waals surface area contributed by atoms with Crippen LogP contribution in [0.2, 0.25) is 0 Å².